The molecule has 0 atom stereocenters. The van der Waals surface area contributed by atoms with Crippen LogP contribution in [-0.2, 0) is 4.79 Å². The summed E-state index contributed by atoms with van der Waals surface area (Å²) in [5.41, 5.74) is 0. The molecule has 0 aromatic rings. The Balaban J connectivity index is 0. The van der Waals surface area contributed by atoms with Gasteiger partial charge in [0.1, 0.15) is 0 Å². The Hall–Kier alpha value is 0.840. The largest absolute Gasteiger partial charge is 0.479 e. The predicted octanol–water partition coefficient (Wildman–Crippen LogP) is 1.54. The monoisotopic (exact) mass is 292 g/mol. The van der Waals surface area contributed by atoms with E-state index in [4.69, 9.17) is 73.3 Å². The van der Waals surface area contributed by atoms with Gasteiger partial charge in [0.25, 0.3) is 0 Å². The van der Waals surface area contributed by atoms with Crippen molar-refractivity contribution in [1.29, 1.82) is 0 Å². The maximum absolute atomic E-state index is 9.44. The summed E-state index contributed by atoms with van der Waals surface area (Å²) in [6.07, 6.45) is -1.91. The molecule has 0 aromatic heterocycles. The van der Waals surface area contributed by atoms with Gasteiger partial charge < -0.3 is 15.3 Å². The zero-order valence-electron chi connectivity index (χ0n) is 5.79. The summed E-state index contributed by atoms with van der Waals surface area (Å²) < 4.78 is -1.97. The van der Waals surface area contributed by atoms with Crippen LogP contribution in [0.4, 0.5) is 0 Å². The Morgan fingerprint density at radius 3 is 1.31 bits per heavy atom. The zero-order chi connectivity index (χ0) is 11.2. The van der Waals surface area contributed by atoms with Crippen LogP contribution in [0.3, 0.4) is 0 Å². The second kappa shape index (κ2) is 7.17. The number of carboxylic acid groups (broad SMARTS) is 1. The van der Waals surface area contributed by atoms with E-state index in [0.29, 0.717) is 0 Å². The van der Waals surface area contributed by atoms with E-state index >= 15 is 0 Å². The summed E-state index contributed by atoms with van der Waals surface area (Å²) in [7, 11) is 0. The number of hydrogen-bond donors (Lipinski definition) is 3. The topological polar surface area (TPSA) is 77.8 Å². The maximum atomic E-state index is 9.44. The highest BCUT2D eigenvalue weighted by Gasteiger charge is 2.28. The van der Waals surface area contributed by atoms with Crippen LogP contribution in [-0.4, -0.2) is 36.2 Å². The normalized spacial score (nSPS) is 11.2. The van der Waals surface area contributed by atoms with Crippen molar-refractivity contribution in [3.05, 3.63) is 0 Å². The van der Waals surface area contributed by atoms with Crippen LogP contribution in [0, 0.1) is 0 Å². The standard InChI is InChI=1S/C2H3Cl3O2.C2H2Cl2O2/c3-2(4,5)1(6)7;3-1(4)2(5)6/h1,6-7H;1H,(H,5,6). The Labute approximate surface area is 98.9 Å². The third-order valence-corrected chi connectivity index (χ3v) is 1.44. The van der Waals surface area contributed by atoms with E-state index in [1.807, 2.05) is 0 Å². The van der Waals surface area contributed by atoms with E-state index in [9.17, 15) is 4.79 Å². The third kappa shape index (κ3) is 12.8. The van der Waals surface area contributed by atoms with Crippen molar-refractivity contribution in [2.75, 3.05) is 0 Å². The van der Waals surface area contributed by atoms with E-state index in [2.05, 4.69) is 0 Å². The van der Waals surface area contributed by atoms with Gasteiger partial charge in [0.15, 0.2) is 6.29 Å². The first-order valence-electron chi connectivity index (χ1n) is 2.52. The molecule has 0 bridgehead atoms. The zero-order valence-corrected chi connectivity index (χ0v) is 9.57. The molecule has 0 saturated heterocycles. The molecular weight excluding hydrogens is 289 g/mol. The van der Waals surface area contributed by atoms with E-state index in [0.717, 1.165) is 0 Å². The molecule has 0 heterocycles. The number of halogens is 5. The Kier molecular flexibility index (Phi) is 8.98. The predicted molar refractivity (Wildman–Crippen MR) is 51.6 cm³/mol. The molecule has 0 spiro atoms. The molecule has 4 nitrogen and oxygen atoms in total. The SMILES string of the molecule is O=C(O)C(Cl)Cl.OC(O)C(Cl)(Cl)Cl. The number of rotatable bonds is 1. The van der Waals surface area contributed by atoms with Gasteiger partial charge in [-0.1, -0.05) is 58.0 Å². The lowest BCUT2D eigenvalue weighted by Gasteiger charge is -2.10. The number of aliphatic hydroxyl groups is 2. The minimum absolute atomic E-state index is 1.21. The summed E-state index contributed by atoms with van der Waals surface area (Å²) in [4.78, 5) is 8.15. The van der Waals surface area contributed by atoms with Gasteiger partial charge in [0, 0.05) is 0 Å². The summed E-state index contributed by atoms with van der Waals surface area (Å²) in [5, 5.41) is 23.8. The van der Waals surface area contributed by atoms with Crippen molar-refractivity contribution in [1.82, 2.24) is 0 Å². The first-order chi connectivity index (χ1) is 5.59. The van der Waals surface area contributed by atoms with Gasteiger partial charge >= 0.3 is 5.97 Å². The van der Waals surface area contributed by atoms with Crippen LogP contribution in [0.2, 0.25) is 0 Å². The molecule has 0 aliphatic carbocycles. The number of aliphatic hydroxyl groups excluding tert-OH is 1. The fourth-order valence-electron chi connectivity index (χ4n) is 0. The molecule has 9 heteroatoms. The Bertz CT molecular complexity index is 153. The maximum Gasteiger partial charge on any atom is 0.337 e. The molecule has 0 saturated carbocycles. The van der Waals surface area contributed by atoms with Gasteiger partial charge in [0.05, 0.1) is 0 Å². The quantitative estimate of drug-likeness (QED) is 0.506. The van der Waals surface area contributed by atoms with E-state index in [1.54, 1.807) is 0 Å². The molecule has 0 aliphatic heterocycles. The number of alkyl halides is 5. The average molecular weight is 294 g/mol. The van der Waals surface area contributed by atoms with Crippen molar-refractivity contribution in [3.8, 4) is 0 Å². The van der Waals surface area contributed by atoms with Crippen molar-refractivity contribution in [3.63, 3.8) is 0 Å². The molecular formula is C4H5Cl5O4. The second-order valence-corrected chi connectivity index (χ2v) is 5.02. The minimum Gasteiger partial charge on any atom is -0.479 e. The highest BCUT2D eigenvalue weighted by molar-refractivity contribution is 6.67. The first-order valence-corrected chi connectivity index (χ1v) is 4.53. The van der Waals surface area contributed by atoms with Gasteiger partial charge in [-0.15, -0.1) is 0 Å². The molecule has 0 radical (unpaired) electrons. The summed E-state index contributed by atoms with van der Waals surface area (Å²) >= 11 is 24.3. The molecule has 0 amide bonds. The van der Waals surface area contributed by atoms with Crippen molar-refractivity contribution >= 4 is 64.0 Å². The van der Waals surface area contributed by atoms with Crippen LogP contribution >= 0.6 is 58.0 Å². The van der Waals surface area contributed by atoms with Gasteiger partial charge in [-0.3, -0.25) is 0 Å². The lowest BCUT2D eigenvalue weighted by Crippen LogP contribution is -2.23. The van der Waals surface area contributed by atoms with Gasteiger partial charge in [-0.05, 0) is 0 Å². The van der Waals surface area contributed by atoms with Crippen molar-refractivity contribution < 1.29 is 20.1 Å². The molecule has 0 aliphatic rings. The highest BCUT2D eigenvalue weighted by Crippen LogP contribution is 2.28. The van der Waals surface area contributed by atoms with Gasteiger partial charge in [-0.2, -0.15) is 0 Å². The number of aliphatic carboxylic acids is 1. The van der Waals surface area contributed by atoms with E-state index in [-0.39, 0.29) is 0 Å². The highest BCUT2D eigenvalue weighted by atomic mass is 35.6. The fraction of sp³-hybridized carbons (Fsp3) is 0.750. The molecule has 13 heavy (non-hydrogen) atoms. The van der Waals surface area contributed by atoms with Crippen molar-refractivity contribution in [2.24, 2.45) is 0 Å². The lowest BCUT2D eigenvalue weighted by molar-refractivity contribution is -0.135. The molecule has 80 valence electrons. The van der Waals surface area contributed by atoms with Crippen LogP contribution in [0.25, 0.3) is 0 Å². The van der Waals surface area contributed by atoms with Crippen molar-refractivity contribution in [2.45, 2.75) is 14.9 Å². The molecule has 0 fully saturated rings. The smallest absolute Gasteiger partial charge is 0.337 e. The van der Waals surface area contributed by atoms with E-state index < -0.39 is 20.9 Å². The number of hydrogen-bond acceptors (Lipinski definition) is 3. The van der Waals surface area contributed by atoms with E-state index in [1.165, 1.54) is 0 Å². The average Bonchev–Trinajstić information content (AvgIpc) is 1.86. The fourth-order valence-corrected chi connectivity index (χ4v) is 0. The number of carbonyl (C=O) groups is 1. The Morgan fingerprint density at radius 1 is 1.15 bits per heavy atom. The van der Waals surface area contributed by atoms with Gasteiger partial charge in [0.2, 0.25) is 8.63 Å². The Morgan fingerprint density at radius 2 is 1.31 bits per heavy atom. The second-order valence-electron chi connectivity index (χ2n) is 1.55. The first kappa shape index (κ1) is 16.3. The number of carboxylic acids is 1. The molecule has 0 aromatic carbocycles. The lowest BCUT2D eigenvalue weighted by atomic mass is 10.8. The van der Waals surface area contributed by atoms with Crippen LogP contribution in [0.5, 0.6) is 0 Å². The molecule has 0 rings (SSSR count). The van der Waals surface area contributed by atoms with Crippen LogP contribution < -0.4 is 0 Å². The van der Waals surface area contributed by atoms with Gasteiger partial charge in [-0.25, -0.2) is 4.79 Å². The molecule has 0 unspecified atom stereocenters. The minimum atomic E-state index is -1.97. The summed E-state index contributed by atoms with van der Waals surface area (Å²) in [6.45, 7) is 0. The van der Waals surface area contributed by atoms with Crippen LogP contribution in [0.1, 0.15) is 0 Å². The molecule has 3 N–H and O–H groups in total. The third-order valence-electron chi connectivity index (χ3n) is 0.479. The van der Waals surface area contributed by atoms with Crippen LogP contribution in [0.15, 0.2) is 0 Å². The summed E-state index contributed by atoms with van der Waals surface area (Å²) in [5.74, 6) is -1.21. The summed E-state index contributed by atoms with van der Waals surface area (Å²) in [6, 6.07) is 0.